The number of hydrogen-bond acceptors (Lipinski definition) is 2. The van der Waals surface area contributed by atoms with Crippen LogP contribution in [0.25, 0.3) is 0 Å². The molecule has 0 unspecified atom stereocenters. The van der Waals surface area contributed by atoms with Crippen LogP contribution in [0.15, 0.2) is 47.4 Å². The number of anilines is 1. The van der Waals surface area contributed by atoms with Gasteiger partial charge in [-0.2, -0.15) is 0 Å². The topological polar surface area (TPSA) is 34.0 Å². The predicted octanol–water partition coefficient (Wildman–Crippen LogP) is 3.13. The van der Waals surface area contributed by atoms with Gasteiger partial charge in [0.05, 0.1) is 5.69 Å². The third-order valence-electron chi connectivity index (χ3n) is 2.73. The molecule has 0 aliphatic heterocycles. The highest BCUT2D eigenvalue weighted by molar-refractivity contribution is 6.30. The van der Waals surface area contributed by atoms with Crippen LogP contribution in [0.5, 0.6) is 0 Å². The first-order chi connectivity index (χ1) is 8.69. The summed E-state index contributed by atoms with van der Waals surface area (Å²) in [6, 6.07) is 11.1. The first kappa shape index (κ1) is 12.7. The third-order valence-corrected chi connectivity index (χ3v) is 2.99. The number of aromatic nitrogens is 1. The molecule has 0 aliphatic rings. The second-order valence-electron chi connectivity index (χ2n) is 4.02. The second-order valence-corrected chi connectivity index (χ2v) is 4.46. The number of nitrogens with one attached hydrogen (secondary N) is 1. The lowest BCUT2D eigenvalue weighted by atomic mass is 10.2. The standard InChI is InChI=1S/C14H15ClN2O/c1-2-17-10-13(7-8-14(17)18)16-9-11-3-5-12(15)6-4-11/h3-8,10,16H,2,9H2,1H3. The SMILES string of the molecule is CCn1cc(NCc2ccc(Cl)cc2)ccc1=O. The van der Waals surface area contributed by atoms with E-state index in [2.05, 4.69) is 5.32 Å². The Kier molecular flexibility index (Phi) is 4.05. The maximum atomic E-state index is 11.4. The van der Waals surface area contributed by atoms with Crippen LogP contribution >= 0.6 is 11.6 Å². The molecular formula is C14H15ClN2O. The Morgan fingerprint density at radius 2 is 1.89 bits per heavy atom. The van der Waals surface area contributed by atoms with Crippen molar-refractivity contribution < 1.29 is 0 Å². The fourth-order valence-corrected chi connectivity index (χ4v) is 1.82. The quantitative estimate of drug-likeness (QED) is 0.919. The van der Waals surface area contributed by atoms with Crippen molar-refractivity contribution in [2.75, 3.05) is 5.32 Å². The Morgan fingerprint density at radius 3 is 2.56 bits per heavy atom. The van der Waals surface area contributed by atoms with Gasteiger partial charge in [-0.15, -0.1) is 0 Å². The van der Waals surface area contributed by atoms with E-state index in [9.17, 15) is 4.79 Å². The molecule has 2 rings (SSSR count). The molecule has 0 bridgehead atoms. The lowest BCUT2D eigenvalue weighted by Gasteiger charge is -2.09. The van der Waals surface area contributed by atoms with Crippen LogP contribution < -0.4 is 10.9 Å². The molecule has 3 nitrogen and oxygen atoms in total. The van der Waals surface area contributed by atoms with E-state index in [4.69, 9.17) is 11.6 Å². The fraction of sp³-hybridized carbons (Fsp3) is 0.214. The van der Waals surface area contributed by atoms with E-state index in [-0.39, 0.29) is 5.56 Å². The average Bonchev–Trinajstić information content (AvgIpc) is 2.39. The van der Waals surface area contributed by atoms with E-state index in [0.29, 0.717) is 13.1 Å². The highest BCUT2D eigenvalue weighted by Gasteiger charge is 1.97. The van der Waals surface area contributed by atoms with Crippen molar-refractivity contribution in [3.8, 4) is 0 Å². The smallest absolute Gasteiger partial charge is 0.250 e. The normalized spacial score (nSPS) is 10.3. The number of rotatable bonds is 4. The van der Waals surface area contributed by atoms with Crippen LogP contribution in [-0.4, -0.2) is 4.57 Å². The van der Waals surface area contributed by atoms with E-state index >= 15 is 0 Å². The molecule has 1 N–H and O–H groups in total. The minimum Gasteiger partial charge on any atom is -0.380 e. The molecule has 0 amide bonds. The van der Waals surface area contributed by atoms with Gasteiger partial charge in [0.2, 0.25) is 0 Å². The van der Waals surface area contributed by atoms with Gasteiger partial charge in [-0.3, -0.25) is 4.79 Å². The average molecular weight is 263 g/mol. The van der Waals surface area contributed by atoms with Crippen LogP contribution in [0, 0.1) is 0 Å². The summed E-state index contributed by atoms with van der Waals surface area (Å²) in [5.41, 5.74) is 2.11. The molecule has 0 radical (unpaired) electrons. The van der Waals surface area contributed by atoms with Crippen LogP contribution in [0.4, 0.5) is 5.69 Å². The zero-order valence-electron chi connectivity index (χ0n) is 10.2. The lowest BCUT2D eigenvalue weighted by molar-refractivity contribution is 0.727. The zero-order chi connectivity index (χ0) is 13.0. The van der Waals surface area contributed by atoms with Gasteiger partial charge in [-0.1, -0.05) is 23.7 Å². The van der Waals surface area contributed by atoms with Crippen LogP contribution in [0.2, 0.25) is 5.02 Å². The maximum absolute atomic E-state index is 11.4. The van der Waals surface area contributed by atoms with Crippen molar-refractivity contribution in [2.24, 2.45) is 0 Å². The summed E-state index contributed by atoms with van der Waals surface area (Å²) in [4.78, 5) is 11.4. The maximum Gasteiger partial charge on any atom is 0.250 e. The molecule has 1 aromatic carbocycles. The second kappa shape index (κ2) is 5.74. The monoisotopic (exact) mass is 262 g/mol. The number of nitrogens with zero attached hydrogens (tertiary/aromatic N) is 1. The molecule has 0 aliphatic carbocycles. The van der Waals surface area contributed by atoms with E-state index in [0.717, 1.165) is 16.3 Å². The predicted molar refractivity (Wildman–Crippen MR) is 75.2 cm³/mol. The fourth-order valence-electron chi connectivity index (χ4n) is 1.69. The number of halogens is 1. The van der Waals surface area contributed by atoms with Gasteiger partial charge in [0.25, 0.3) is 5.56 Å². The van der Waals surface area contributed by atoms with Crippen LogP contribution in [-0.2, 0) is 13.1 Å². The van der Waals surface area contributed by atoms with Crippen molar-refractivity contribution in [3.05, 3.63) is 63.5 Å². The zero-order valence-corrected chi connectivity index (χ0v) is 10.9. The molecule has 0 spiro atoms. The van der Waals surface area contributed by atoms with Crippen LogP contribution in [0.1, 0.15) is 12.5 Å². The summed E-state index contributed by atoms with van der Waals surface area (Å²) in [5.74, 6) is 0. The van der Waals surface area contributed by atoms with Gasteiger partial charge in [0.15, 0.2) is 0 Å². The third kappa shape index (κ3) is 3.14. The Hall–Kier alpha value is -1.74. The van der Waals surface area contributed by atoms with E-state index in [1.807, 2.05) is 37.4 Å². The van der Waals surface area contributed by atoms with Crippen molar-refractivity contribution in [1.82, 2.24) is 4.57 Å². The largest absolute Gasteiger partial charge is 0.380 e. The first-order valence-corrected chi connectivity index (χ1v) is 6.25. The molecule has 0 saturated carbocycles. The summed E-state index contributed by atoms with van der Waals surface area (Å²) in [7, 11) is 0. The minimum absolute atomic E-state index is 0.0227. The number of hydrogen-bond donors (Lipinski definition) is 1. The van der Waals surface area contributed by atoms with Gasteiger partial charge in [-0.25, -0.2) is 0 Å². The van der Waals surface area contributed by atoms with Gasteiger partial charge >= 0.3 is 0 Å². The van der Waals surface area contributed by atoms with E-state index < -0.39 is 0 Å². The Balaban J connectivity index is 2.06. The molecule has 2 aromatic rings. The highest BCUT2D eigenvalue weighted by Crippen LogP contribution is 2.11. The molecule has 18 heavy (non-hydrogen) atoms. The van der Waals surface area contributed by atoms with E-state index in [1.165, 1.54) is 0 Å². The Labute approximate surface area is 111 Å². The van der Waals surface area contributed by atoms with Crippen LogP contribution in [0.3, 0.4) is 0 Å². The molecule has 0 fully saturated rings. The number of pyridine rings is 1. The van der Waals surface area contributed by atoms with Gasteiger partial charge in [0, 0.05) is 30.4 Å². The Bertz CT molecular complexity index is 575. The van der Waals surface area contributed by atoms with Gasteiger partial charge in [0.1, 0.15) is 0 Å². The molecule has 4 heteroatoms. The number of aryl methyl sites for hydroxylation is 1. The molecule has 1 heterocycles. The molecule has 94 valence electrons. The van der Waals surface area contributed by atoms with Crippen molar-refractivity contribution in [3.63, 3.8) is 0 Å². The summed E-state index contributed by atoms with van der Waals surface area (Å²) in [6.45, 7) is 3.33. The summed E-state index contributed by atoms with van der Waals surface area (Å²) < 4.78 is 1.67. The van der Waals surface area contributed by atoms with Gasteiger partial charge in [-0.05, 0) is 30.7 Å². The summed E-state index contributed by atoms with van der Waals surface area (Å²) in [6.07, 6.45) is 1.83. The van der Waals surface area contributed by atoms with E-state index in [1.54, 1.807) is 16.7 Å². The molecule has 1 aromatic heterocycles. The van der Waals surface area contributed by atoms with Crippen molar-refractivity contribution in [2.45, 2.75) is 20.0 Å². The Morgan fingerprint density at radius 1 is 1.17 bits per heavy atom. The molecular weight excluding hydrogens is 248 g/mol. The minimum atomic E-state index is 0.0227. The lowest BCUT2D eigenvalue weighted by Crippen LogP contribution is -2.17. The van der Waals surface area contributed by atoms with Crippen molar-refractivity contribution >= 4 is 17.3 Å². The van der Waals surface area contributed by atoms with Gasteiger partial charge < -0.3 is 9.88 Å². The first-order valence-electron chi connectivity index (χ1n) is 5.88. The highest BCUT2D eigenvalue weighted by atomic mass is 35.5. The number of benzene rings is 1. The molecule has 0 atom stereocenters. The summed E-state index contributed by atoms with van der Waals surface area (Å²) >= 11 is 5.83. The molecule has 0 saturated heterocycles. The van der Waals surface area contributed by atoms with Crippen molar-refractivity contribution in [1.29, 1.82) is 0 Å². The summed E-state index contributed by atoms with van der Waals surface area (Å²) in [5, 5.41) is 4.01.